The molecule has 2 aliphatic carbocycles. The number of methoxy groups -OCH3 is 1. The van der Waals surface area contributed by atoms with Gasteiger partial charge in [-0.25, -0.2) is 4.79 Å². The normalized spacial score (nSPS) is 24.3. The third-order valence-corrected chi connectivity index (χ3v) is 8.03. The standard InChI is InChI=1S/C24H27NO5S/c1-11-5-6-14(9-12(11)2)17-13(3)31-22(20(17)24(29)30-4)25-21(26)18-15-7-8-16(10-15)19(18)23(27)28/h5-6,9,15-16,18-19H,7-8,10H2,1-4H3,(H,25,26)(H,27,28)/t15-,16-,18+,19+/m0/s1. The number of aliphatic carboxylic acids is 1. The summed E-state index contributed by atoms with van der Waals surface area (Å²) in [7, 11) is 1.32. The molecular weight excluding hydrogens is 414 g/mol. The van der Waals surface area contributed by atoms with Gasteiger partial charge >= 0.3 is 11.9 Å². The fourth-order valence-electron chi connectivity index (χ4n) is 5.39. The van der Waals surface area contributed by atoms with Gasteiger partial charge in [0, 0.05) is 10.4 Å². The highest BCUT2D eigenvalue weighted by Gasteiger charge is 2.54. The van der Waals surface area contributed by atoms with Crippen LogP contribution >= 0.6 is 11.3 Å². The van der Waals surface area contributed by atoms with E-state index in [1.807, 2.05) is 39.0 Å². The molecule has 2 saturated carbocycles. The van der Waals surface area contributed by atoms with Gasteiger partial charge in [0.15, 0.2) is 0 Å². The van der Waals surface area contributed by atoms with Crippen molar-refractivity contribution in [1.29, 1.82) is 0 Å². The molecule has 2 bridgehead atoms. The Morgan fingerprint density at radius 2 is 1.74 bits per heavy atom. The number of esters is 1. The minimum absolute atomic E-state index is 0.0643. The van der Waals surface area contributed by atoms with E-state index in [1.54, 1.807) is 0 Å². The van der Waals surface area contributed by atoms with Gasteiger partial charge in [-0.2, -0.15) is 0 Å². The van der Waals surface area contributed by atoms with Gasteiger partial charge in [-0.1, -0.05) is 18.2 Å². The van der Waals surface area contributed by atoms with Gasteiger partial charge in [0.25, 0.3) is 0 Å². The van der Waals surface area contributed by atoms with Gasteiger partial charge in [-0.3, -0.25) is 9.59 Å². The van der Waals surface area contributed by atoms with Crippen LogP contribution in [0.4, 0.5) is 5.00 Å². The second-order valence-corrected chi connectivity index (χ2v) is 9.97. The van der Waals surface area contributed by atoms with Gasteiger partial charge in [-0.15, -0.1) is 11.3 Å². The lowest BCUT2D eigenvalue weighted by atomic mass is 9.78. The lowest BCUT2D eigenvalue weighted by Gasteiger charge is -2.26. The van der Waals surface area contributed by atoms with E-state index in [0.717, 1.165) is 46.4 Å². The van der Waals surface area contributed by atoms with Crippen molar-refractivity contribution in [1.82, 2.24) is 0 Å². The summed E-state index contributed by atoms with van der Waals surface area (Å²) in [6.07, 6.45) is 2.54. The Bertz CT molecular complexity index is 1070. The Kier molecular flexibility index (Phi) is 5.64. The summed E-state index contributed by atoms with van der Waals surface area (Å²) in [5.74, 6) is -2.79. The summed E-state index contributed by atoms with van der Waals surface area (Å²) >= 11 is 1.33. The van der Waals surface area contributed by atoms with Crippen molar-refractivity contribution in [2.45, 2.75) is 40.0 Å². The summed E-state index contributed by atoms with van der Waals surface area (Å²) in [4.78, 5) is 38.7. The molecule has 0 radical (unpaired) electrons. The SMILES string of the molecule is COC(=O)c1c(NC(=O)[C@@H]2[C@H]3CC[C@@H](C3)[C@H]2C(=O)O)sc(C)c1-c1ccc(C)c(C)c1. The lowest BCUT2D eigenvalue weighted by Crippen LogP contribution is -2.37. The molecule has 0 unspecified atom stereocenters. The molecule has 0 saturated heterocycles. The number of thiophene rings is 1. The number of aryl methyl sites for hydroxylation is 3. The summed E-state index contributed by atoms with van der Waals surface area (Å²) in [5.41, 5.74) is 4.23. The van der Waals surface area contributed by atoms with Gasteiger partial charge in [0.05, 0.1) is 18.9 Å². The number of amides is 1. The number of hydrogen-bond acceptors (Lipinski definition) is 5. The second kappa shape index (κ2) is 8.11. The van der Waals surface area contributed by atoms with Gasteiger partial charge in [0.1, 0.15) is 10.6 Å². The molecule has 1 aromatic carbocycles. The Hall–Kier alpha value is -2.67. The van der Waals surface area contributed by atoms with Crippen LogP contribution in [0.2, 0.25) is 0 Å². The molecule has 2 aliphatic rings. The Morgan fingerprint density at radius 3 is 2.35 bits per heavy atom. The van der Waals surface area contributed by atoms with E-state index >= 15 is 0 Å². The molecule has 1 heterocycles. The minimum atomic E-state index is -0.904. The fourth-order valence-corrected chi connectivity index (χ4v) is 6.46. The van der Waals surface area contributed by atoms with Gasteiger partial charge in [-0.05, 0) is 68.6 Å². The van der Waals surface area contributed by atoms with E-state index in [4.69, 9.17) is 4.74 Å². The topological polar surface area (TPSA) is 92.7 Å². The van der Waals surface area contributed by atoms with Crippen molar-refractivity contribution in [2.75, 3.05) is 12.4 Å². The van der Waals surface area contributed by atoms with Crippen molar-refractivity contribution in [2.24, 2.45) is 23.7 Å². The van der Waals surface area contributed by atoms with E-state index in [0.29, 0.717) is 10.6 Å². The predicted octanol–water partition coefficient (Wildman–Crippen LogP) is 4.81. The Labute approximate surface area is 185 Å². The quantitative estimate of drug-likeness (QED) is 0.650. The first-order valence-corrected chi connectivity index (χ1v) is 11.4. The first-order valence-electron chi connectivity index (χ1n) is 10.6. The molecule has 2 fully saturated rings. The maximum absolute atomic E-state index is 13.2. The van der Waals surface area contributed by atoms with Crippen molar-refractivity contribution >= 4 is 34.2 Å². The van der Waals surface area contributed by atoms with Crippen LogP contribution in [0.1, 0.15) is 45.6 Å². The zero-order valence-corrected chi connectivity index (χ0v) is 19.0. The number of hydrogen-bond donors (Lipinski definition) is 2. The minimum Gasteiger partial charge on any atom is -0.481 e. The van der Waals surface area contributed by atoms with Crippen LogP contribution in [0.5, 0.6) is 0 Å². The zero-order valence-electron chi connectivity index (χ0n) is 18.2. The number of carbonyl (C=O) groups is 3. The van der Waals surface area contributed by atoms with E-state index in [1.165, 1.54) is 18.4 Å². The lowest BCUT2D eigenvalue weighted by molar-refractivity contribution is -0.148. The van der Waals surface area contributed by atoms with E-state index in [9.17, 15) is 19.5 Å². The number of carbonyl (C=O) groups excluding carboxylic acids is 2. The monoisotopic (exact) mass is 441 g/mol. The summed E-state index contributed by atoms with van der Waals surface area (Å²) in [5, 5.41) is 13.0. The van der Waals surface area contributed by atoms with Crippen LogP contribution in [0.25, 0.3) is 11.1 Å². The van der Waals surface area contributed by atoms with Crippen LogP contribution < -0.4 is 5.32 Å². The zero-order chi connectivity index (χ0) is 22.4. The van der Waals surface area contributed by atoms with E-state index in [2.05, 4.69) is 5.32 Å². The number of nitrogens with one attached hydrogen (secondary N) is 1. The van der Waals surface area contributed by atoms with Gasteiger partial charge < -0.3 is 15.2 Å². The van der Waals surface area contributed by atoms with Crippen molar-refractivity contribution < 1.29 is 24.2 Å². The molecule has 0 spiro atoms. The number of anilines is 1. The smallest absolute Gasteiger partial charge is 0.341 e. The number of carboxylic acid groups (broad SMARTS) is 1. The van der Waals surface area contributed by atoms with Gasteiger partial charge in [0.2, 0.25) is 5.91 Å². The molecule has 4 atom stereocenters. The maximum atomic E-state index is 13.2. The highest BCUT2D eigenvalue weighted by Crippen LogP contribution is 2.53. The molecular formula is C24H27NO5S. The van der Waals surface area contributed by atoms with E-state index < -0.39 is 23.8 Å². The average molecular weight is 442 g/mol. The average Bonchev–Trinajstić information content (AvgIpc) is 3.42. The molecule has 0 aliphatic heterocycles. The van der Waals surface area contributed by atoms with Crippen molar-refractivity contribution in [3.05, 3.63) is 39.8 Å². The molecule has 1 aromatic heterocycles. The first-order chi connectivity index (χ1) is 14.7. The fraction of sp³-hybridized carbons (Fsp3) is 0.458. The number of ether oxygens (including phenoxy) is 1. The number of rotatable bonds is 5. The molecule has 7 heteroatoms. The maximum Gasteiger partial charge on any atom is 0.341 e. The molecule has 2 aromatic rings. The van der Waals surface area contributed by atoms with Crippen LogP contribution in [0, 0.1) is 44.4 Å². The molecule has 31 heavy (non-hydrogen) atoms. The van der Waals surface area contributed by atoms with Crippen LogP contribution in [0.15, 0.2) is 18.2 Å². The Morgan fingerprint density at radius 1 is 1.06 bits per heavy atom. The van der Waals surface area contributed by atoms with Crippen LogP contribution in [-0.2, 0) is 14.3 Å². The highest BCUT2D eigenvalue weighted by molar-refractivity contribution is 7.17. The van der Waals surface area contributed by atoms with Crippen LogP contribution in [-0.4, -0.2) is 30.1 Å². The molecule has 1 amide bonds. The second-order valence-electron chi connectivity index (χ2n) is 8.74. The largest absolute Gasteiger partial charge is 0.481 e. The Balaban J connectivity index is 1.72. The first kappa shape index (κ1) is 21.6. The highest BCUT2D eigenvalue weighted by atomic mass is 32.1. The van der Waals surface area contributed by atoms with Crippen LogP contribution in [0.3, 0.4) is 0 Å². The molecule has 2 N–H and O–H groups in total. The summed E-state index contributed by atoms with van der Waals surface area (Å²) in [6.45, 7) is 5.96. The number of fused-ring (bicyclic) bond motifs is 2. The third-order valence-electron chi connectivity index (χ3n) is 7.01. The predicted molar refractivity (Wildman–Crippen MR) is 119 cm³/mol. The summed E-state index contributed by atoms with van der Waals surface area (Å²) < 4.78 is 5.04. The molecule has 164 valence electrons. The van der Waals surface area contributed by atoms with E-state index in [-0.39, 0.29) is 17.7 Å². The number of benzene rings is 1. The van der Waals surface area contributed by atoms with Crippen molar-refractivity contribution in [3.8, 4) is 11.1 Å². The molecule has 4 rings (SSSR count). The third kappa shape index (κ3) is 3.65. The number of carboxylic acids is 1. The van der Waals surface area contributed by atoms with Crippen molar-refractivity contribution in [3.63, 3.8) is 0 Å². The summed E-state index contributed by atoms with van der Waals surface area (Å²) in [6, 6.07) is 6.00. The molecule has 6 nitrogen and oxygen atoms in total.